The van der Waals surface area contributed by atoms with Crippen LogP contribution in [0.1, 0.15) is 40.8 Å². The fourth-order valence-electron chi connectivity index (χ4n) is 3.62. The van der Waals surface area contributed by atoms with Crippen molar-refractivity contribution >= 4 is 6.29 Å². The molecule has 5 nitrogen and oxygen atoms in total. The molecule has 9 heteroatoms. The summed E-state index contributed by atoms with van der Waals surface area (Å²) in [6, 6.07) is 9.31. The molecule has 1 heterocycles. The molecule has 162 valence electrons. The van der Waals surface area contributed by atoms with Crippen molar-refractivity contribution in [1.29, 1.82) is 0 Å². The highest BCUT2D eigenvalue weighted by molar-refractivity contribution is 5.59. The van der Waals surface area contributed by atoms with Crippen molar-refractivity contribution in [2.24, 2.45) is 0 Å². The van der Waals surface area contributed by atoms with E-state index < -0.39 is 23.6 Å². The van der Waals surface area contributed by atoms with Crippen LogP contribution in [0, 0.1) is 5.82 Å². The van der Waals surface area contributed by atoms with Crippen molar-refractivity contribution in [3.8, 4) is 11.4 Å². The molecular weight excluding hydrogens is 414 g/mol. The number of rotatable bonds is 7. The van der Waals surface area contributed by atoms with Crippen LogP contribution in [0.25, 0.3) is 11.4 Å². The van der Waals surface area contributed by atoms with Crippen LogP contribution in [0.15, 0.2) is 47.0 Å². The molecule has 0 saturated heterocycles. The van der Waals surface area contributed by atoms with Gasteiger partial charge in [0.1, 0.15) is 12.1 Å². The van der Waals surface area contributed by atoms with Gasteiger partial charge in [-0.1, -0.05) is 29.4 Å². The maximum atomic E-state index is 14.6. The van der Waals surface area contributed by atoms with E-state index in [-0.39, 0.29) is 29.1 Å². The predicted molar refractivity (Wildman–Crippen MR) is 104 cm³/mol. The molecule has 0 aliphatic heterocycles. The molecule has 31 heavy (non-hydrogen) atoms. The van der Waals surface area contributed by atoms with E-state index in [0.29, 0.717) is 24.0 Å². The van der Waals surface area contributed by atoms with Gasteiger partial charge in [0.2, 0.25) is 11.7 Å². The van der Waals surface area contributed by atoms with Crippen molar-refractivity contribution in [3.05, 3.63) is 70.9 Å². The minimum atomic E-state index is -4.40. The topological polar surface area (TPSA) is 68.0 Å². The first-order chi connectivity index (χ1) is 14.8. The molecule has 1 aliphatic rings. The average molecular weight is 433 g/mol. The average Bonchev–Trinajstić information content (AvgIpc) is 3.40. The number of benzene rings is 2. The zero-order valence-corrected chi connectivity index (χ0v) is 16.5. The lowest BCUT2D eigenvalue weighted by atomic mass is 10.0. The van der Waals surface area contributed by atoms with E-state index in [0.717, 1.165) is 18.4 Å². The summed E-state index contributed by atoms with van der Waals surface area (Å²) in [6.07, 6.45) is -2.72. The Morgan fingerprint density at radius 1 is 1.23 bits per heavy atom. The van der Waals surface area contributed by atoms with Crippen LogP contribution in [0.4, 0.5) is 17.6 Å². The van der Waals surface area contributed by atoms with Gasteiger partial charge in [-0.05, 0) is 55.1 Å². The van der Waals surface area contributed by atoms with Crippen LogP contribution in [0.3, 0.4) is 0 Å². The Morgan fingerprint density at radius 2 is 2.03 bits per heavy atom. The molecule has 0 spiro atoms. The molecule has 0 bridgehead atoms. The number of nitrogens with one attached hydrogen (secondary N) is 1. The molecule has 1 N–H and O–H groups in total. The molecule has 1 aliphatic carbocycles. The van der Waals surface area contributed by atoms with Gasteiger partial charge in [-0.2, -0.15) is 18.2 Å². The molecule has 4 rings (SSSR count). The fourth-order valence-corrected chi connectivity index (χ4v) is 3.62. The quantitative estimate of drug-likeness (QED) is 0.439. The van der Waals surface area contributed by atoms with E-state index >= 15 is 0 Å². The maximum Gasteiger partial charge on any atom is 0.416 e. The Kier molecular flexibility index (Phi) is 5.62. The molecule has 1 saturated carbocycles. The number of hydrogen-bond acceptors (Lipinski definition) is 5. The van der Waals surface area contributed by atoms with E-state index in [1.165, 1.54) is 18.2 Å². The minimum absolute atomic E-state index is 0.0781. The number of aromatic nitrogens is 2. The number of aldehydes is 1. The predicted octanol–water partition coefficient (Wildman–Crippen LogP) is 4.50. The summed E-state index contributed by atoms with van der Waals surface area (Å²) in [4.78, 5) is 15.2. The second kappa shape index (κ2) is 8.22. The lowest BCUT2D eigenvalue weighted by Gasteiger charge is -2.09. The van der Waals surface area contributed by atoms with E-state index in [1.807, 2.05) is 0 Å². The Labute approximate surface area is 175 Å². The van der Waals surface area contributed by atoms with Gasteiger partial charge >= 0.3 is 6.18 Å². The fraction of sp³-hybridized carbons (Fsp3) is 0.318. The SMILES string of the molecule is CNC(C=O)Cc1ccc(-c2noc(C3C[C@H]3c3cccc(C(F)(F)F)c3)n2)c(F)c1. The van der Waals surface area contributed by atoms with Gasteiger partial charge in [-0.3, -0.25) is 0 Å². The molecular formula is C22H19F4N3O2. The lowest BCUT2D eigenvalue weighted by molar-refractivity contribution is -0.137. The molecule has 0 radical (unpaired) electrons. The molecule has 3 aromatic rings. The van der Waals surface area contributed by atoms with E-state index in [2.05, 4.69) is 15.5 Å². The Morgan fingerprint density at radius 3 is 2.71 bits per heavy atom. The van der Waals surface area contributed by atoms with Crippen LogP contribution >= 0.6 is 0 Å². The number of carbonyl (C=O) groups is 1. The largest absolute Gasteiger partial charge is 0.416 e. The standard InChI is InChI=1S/C22H19F4N3O2/c1-27-15(11-30)7-12-5-6-16(19(23)8-12)20-28-21(31-29-20)18-10-17(18)13-3-2-4-14(9-13)22(24,25)26/h2-6,8-9,11,15,17-18,27H,7,10H2,1H3/t15?,17-,18?/m0/s1. The van der Waals surface area contributed by atoms with E-state index in [9.17, 15) is 22.4 Å². The van der Waals surface area contributed by atoms with Crippen LogP contribution in [-0.2, 0) is 17.4 Å². The highest BCUT2D eigenvalue weighted by Crippen LogP contribution is 2.54. The monoisotopic (exact) mass is 433 g/mol. The van der Waals surface area contributed by atoms with Crippen molar-refractivity contribution in [2.75, 3.05) is 7.05 Å². The number of nitrogens with zero attached hydrogens (tertiary/aromatic N) is 2. The number of carbonyl (C=O) groups excluding carboxylic acids is 1. The lowest BCUT2D eigenvalue weighted by Crippen LogP contribution is -2.28. The summed E-state index contributed by atoms with van der Waals surface area (Å²) >= 11 is 0. The number of halogens is 4. The van der Waals surface area contributed by atoms with Crippen molar-refractivity contribution in [1.82, 2.24) is 15.5 Å². The van der Waals surface area contributed by atoms with Crippen molar-refractivity contribution in [3.63, 3.8) is 0 Å². The second-order valence-corrected chi connectivity index (χ2v) is 7.58. The summed E-state index contributed by atoms with van der Waals surface area (Å²) < 4.78 is 58.7. The summed E-state index contributed by atoms with van der Waals surface area (Å²) in [6.45, 7) is 0. The van der Waals surface area contributed by atoms with Gasteiger partial charge in [-0.15, -0.1) is 0 Å². The molecule has 3 atom stereocenters. The van der Waals surface area contributed by atoms with Crippen LogP contribution < -0.4 is 5.32 Å². The first kappa shape index (κ1) is 21.2. The van der Waals surface area contributed by atoms with Crippen molar-refractivity contribution in [2.45, 2.75) is 36.9 Å². The highest BCUT2D eigenvalue weighted by Gasteiger charge is 2.44. The molecule has 1 aromatic heterocycles. The second-order valence-electron chi connectivity index (χ2n) is 7.58. The van der Waals surface area contributed by atoms with Gasteiger partial charge in [0.25, 0.3) is 0 Å². The molecule has 2 unspecified atom stereocenters. The smallest absolute Gasteiger partial charge is 0.339 e. The highest BCUT2D eigenvalue weighted by atomic mass is 19.4. The van der Waals surface area contributed by atoms with Crippen LogP contribution in [0.5, 0.6) is 0 Å². The summed E-state index contributed by atoms with van der Waals surface area (Å²) in [7, 11) is 1.65. The zero-order valence-electron chi connectivity index (χ0n) is 16.5. The summed E-state index contributed by atoms with van der Waals surface area (Å²) in [5.41, 5.74) is 0.661. The Hall–Kier alpha value is -3.07. The van der Waals surface area contributed by atoms with E-state index in [1.54, 1.807) is 19.2 Å². The third-order valence-electron chi connectivity index (χ3n) is 5.46. The van der Waals surface area contributed by atoms with E-state index in [4.69, 9.17) is 4.52 Å². The summed E-state index contributed by atoms with van der Waals surface area (Å²) in [5.74, 6) is -0.539. The van der Waals surface area contributed by atoms with Gasteiger partial charge in [0, 0.05) is 5.92 Å². The van der Waals surface area contributed by atoms with Crippen molar-refractivity contribution < 1.29 is 26.9 Å². The van der Waals surface area contributed by atoms with Gasteiger partial charge < -0.3 is 14.6 Å². The Balaban J connectivity index is 1.49. The Bertz CT molecular complexity index is 1100. The number of alkyl halides is 3. The number of likely N-dealkylation sites (N-methyl/N-ethyl adjacent to an activating group) is 1. The molecule has 2 aromatic carbocycles. The molecule has 0 amide bonds. The maximum absolute atomic E-state index is 14.6. The van der Waals surface area contributed by atoms with Gasteiger partial charge in [0.05, 0.1) is 17.2 Å². The van der Waals surface area contributed by atoms with Gasteiger partial charge in [0.15, 0.2) is 0 Å². The summed E-state index contributed by atoms with van der Waals surface area (Å²) in [5, 5.41) is 6.67. The third kappa shape index (κ3) is 4.51. The van der Waals surface area contributed by atoms with Crippen LogP contribution in [-0.4, -0.2) is 29.5 Å². The van der Waals surface area contributed by atoms with Gasteiger partial charge in [-0.25, -0.2) is 4.39 Å². The number of hydrogen-bond donors (Lipinski definition) is 1. The first-order valence-electron chi connectivity index (χ1n) is 9.72. The first-order valence-corrected chi connectivity index (χ1v) is 9.72. The third-order valence-corrected chi connectivity index (χ3v) is 5.46. The molecule has 1 fully saturated rings. The van der Waals surface area contributed by atoms with Crippen LogP contribution in [0.2, 0.25) is 0 Å². The minimum Gasteiger partial charge on any atom is -0.339 e. The zero-order chi connectivity index (χ0) is 22.2. The normalized spacial score (nSPS) is 19.3.